The summed E-state index contributed by atoms with van der Waals surface area (Å²) in [5.74, 6) is 0.630. The molecule has 2 rings (SSSR count). The van der Waals surface area contributed by atoms with Gasteiger partial charge in [0.2, 0.25) is 0 Å². The summed E-state index contributed by atoms with van der Waals surface area (Å²) >= 11 is 7.53. The lowest BCUT2D eigenvalue weighted by atomic mass is 10.2. The molecule has 0 fully saturated rings. The Labute approximate surface area is 180 Å². The van der Waals surface area contributed by atoms with Gasteiger partial charge in [-0.25, -0.2) is 4.99 Å². The molecular weight excluding hydrogens is 483 g/mol. The number of carbonyl (C=O) groups excluding carboxylic acids is 1. The fourth-order valence-corrected chi connectivity index (χ4v) is 3.07. The van der Waals surface area contributed by atoms with Crippen LogP contribution in [0.4, 0.5) is 0 Å². The zero-order valence-electron chi connectivity index (χ0n) is 14.8. The number of hydrogen-bond acceptors (Lipinski definition) is 3. The Balaban J connectivity index is 0.00000338. The summed E-state index contributed by atoms with van der Waals surface area (Å²) in [6.07, 6.45) is 0. The quantitative estimate of drug-likeness (QED) is 0.232. The van der Waals surface area contributed by atoms with E-state index in [4.69, 9.17) is 11.6 Å². The minimum absolute atomic E-state index is 0. The van der Waals surface area contributed by atoms with Crippen molar-refractivity contribution in [3.63, 3.8) is 0 Å². The molecule has 0 saturated carbocycles. The molecule has 0 bridgehead atoms. The number of benzene rings is 1. The summed E-state index contributed by atoms with van der Waals surface area (Å²) in [6.45, 7) is 6.64. The number of guanidine groups is 1. The Morgan fingerprint density at radius 1 is 1.12 bits per heavy atom. The number of aryl methyl sites for hydroxylation is 1. The van der Waals surface area contributed by atoms with E-state index in [9.17, 15) is 4.79 Å². The van der Waals surface area contributed by atoms with Gasteiger partial charge in [0.1, 0.15) is 0 Å². The highest BCUT2D eigenvalue weighted by Gasteiger charge is 2.05. The molecular formula is C18H24ClIN4OS. The van der Waals surface area contributed by atoms with E-state index in [0.29, 0.717) is 30.2 Å². The fraction of sp³-hybridized carbons (Fsp3) is 0.333. The number of amides is 1. The number of thiophene rings is 1. The maximum absolute atomic E-state index is 12.0. The molecule has 1 heterocycles. The number of carbonyl (C=O) groups is 1. The van der Waals surface area contributed by atoms with Gasteiger partial charge in [0, 0.05) is 35.1 Å². The van der Waals surface area contributed by atoms with Gasteiger partial charge < -0.3 is 16.0 Å². The van der Waals surface area contributed by atoms with Gasteiger partial charge in [0.15, 0.2) is 5.96 Å². The Morgan fingerprint density at radius 3 is 2.42 bits per heavy atom. The third-order valence-corrected chi connectivity index (χ3v) is 4.76. The van der Waals surface area contributed by atoms with Crippen molar-refractivity contribution >= 4 is 58.8 Å². The molecule has 0 atom stereocenters. The van der Waals surface area contributed by atoms with Gasteiger partial charge in [-0.1, -0.05) is 11.6 Å². The maximum Gasteiger partial charge on any atom is 0.251 e. The summed E-state index contributed by atoms with van der Waals surface area (Å²) in [6, 6.07) is 8.93. The smallest absolute Gasteiger partial charge is 0.251 e. The Bertz CT molecular complexity index is 718. The molecule has 1 aromatic heterocycles. The third-order valence-electron chi connectivity index (χ3n) is 3.50. The predicted molar refractivity (Wildman–Crippen MR) is 121 cm³/mol. The summed E-state index contributed by atoms with van der Waals surface area (Å²) in [4.78, 5) is 17.9. The summed E-state index contributed by atoms with van der Waals surface area (Å²) in [7, 11) is 0. The van der Waals surface area contributed by atoms with Crippen molar-refractivity contribution in [3.8, 4) is 0 Å². The monoisotopic (exact) mass is 506 g/mol. The van der Waals surface area contributed by atoms with Crippen molar-refractivity contribution < 1.29 is 4.79 Å². The van der Waals surface area contributed by atoms with Crippen LogP contribution < -0.4 is 16.0 Å². The molecule has 0 aliphatic rings. The van der Waals surface area contributed by atoms with Gasteiger partial charge in [0.25, 0.3) is 5.91 Å². The highest BCUT2D eigenvalue weighted by molar-refractivity contribution is 14.0. The molecule has 1 amide bonds. The number of nitrogens with zero attached hydrogens (tertiary/aromatic N) is 1. The Hall–Kier alpha value is -1.32. The van der Waals surface area contributed by atoms with Crippen LogP contribution in [0, 0.1) is 6.92 Å². The maximum atomic E-state index is 12.0. The summed E-state index contributed by atoms with van der Waals surface area (Å²) in [5, 5.41) is 12.0. The van der Waals surface area contributed by atoms with Crippen LogP contribution in [0.2, 0.25) is 5.02 Å². The lowest BCUT2D eigenvalue weighted by Gasteiger charge is -2.12. The normalized spacial score (nSPS) is 10.8. The van der Waals surface area contributed by atoms with E-state index in [-0.39, 0.29) is 29.9 Å². The fourth-order valence-electron chi connectivity index (χ4n) is 2.12. The second-order valence-corrected chi connectivity index (χ2v) is 6.85. The van der Waals surface area contributed by atoms with Gasteiger partial charge >= 0.3 is 0 Å². The number of hydrogen-bond donors (Lipinski definition) is 3. The number of aliphatic imine (C=N–C) groups is 1. The number of rotatable bonds is 7. The molecule has 26 heavy (non-hydrogen) atoms. The van der Waals surface area contributed by atoms with Crippen LogP contribution in [0.3, 0.4) is 0 Å². The standard InChI is InChI=1S/C18H23ClN4OS.HI/c1-3-20-18(23-12-16-13(2)8-11-25-16)22-10-9-21-17(24)14-4-6-15(19)7-5-14;/h4-8,11H,3,9-10,12H2,1-2H3,(H,21,24)(H2,20,22,23);1H. The zero-order valence-corrected chi connectivity index (χ0v) is 18.7. The summed E-state index contributed by atoms with van der Waals surface area (Å²) < 4.78 is 0. The molecule has 0 radical (unpaired) electrons. The molecule has 3 N–H and O–H groups in total. The van der Waals surface area contributed by atoms with Crippen molar-refractivity contribution in [2.75, 3.05) is 19.6 Å². The first-order valence-electron chi connectivity index (χ1n) is 8.19. The van der Waals surface area contributed by atoms with Gasteiger partial charge in [-0.2, -0.15) is 0 Å². The first-order chi connectivity index (χ1) is 12.1. The van der Waals surface area contributed by atoms with Gasteiger partial charge in [-0.3, -0.25) is 4.79 Å². The third kappa shape index (κ3) is 7.51. The van der Waals surface area contributed by atoms with Crippen LogP contribution in [0.25, 0.3) is 0 Å². The second kappa shape index (κ2) is 12.1. The van der Waals surface area contributed by atoms with Crippen molar-refractivity contribution in [1.29, 1.82) is 0 Å². The first-order valence-corrected chi connectivity index (χ1v) is 9.45. The van der Waals surface area contributed by atoms with E-state index in [1.54, 1.807) is 35.6 Å². The highest BCUT2D eigenvalue weighted by atomic mass is 127. The molecule has 0 spiro atoms. The molecule has 0 unspecified atom stereocenters. The number of halogens is 2. The highest BCUT2D eigenvalue weighted by Crippen LogP contribution is 2.16. The van der Waals surface area contributed by atoms with Crippen molar-refractivity contribution in [1.82, 2.24) is 16.0 Å². The van der Waals surface area contributed by atoms with Gasteiger partial charge in [0.05, 0.1) is 6.54 Å². The van der Waals surface area contributed by atoms with Crippen molar-refractivity contribution in [2.24, 2.45) is 4.99 Å². The largest absolute Gasteiger partial charge is 0.357 e. The minimum Gasteiger partial charge on any atom is -0.357 e. The van der Waals surface area contributed by atoms with E-state index >= 15 is 0 Å². The molecule has 8 heteroatoms. The predicted octanol–water partition coefficient (Wildman–Crippen LogP) is 3.81. The lowest BCUT2D eigenvalue weighted by molar-refractivity contribution is 0.0954. The average Bonchev–Trinajstić information content (AvgIpc) is 3.02. The molecule has 5 nitrogen and oxygen atoms in total. The van der Waals surface area contributed by atoms with E-state index in [0.717, 1.165) is 12.5 Å². The SMILES string of the molecule is CCNC(=NCc1sccc1C)NCCNC(=O)c1ccc(Cl)cc1.I. The van der Waals surface area contributed by atoms with Crippen molar-refractivity contribution in [3.05, 3.63) is 56.7 Å². The molecule has 0 aliphatic carbocycles. The van der Waals surface area contributed by atoms with Crippen LogP contribution in [0.15, 0.2) is 40.7 Å². The summed E-state index contributed by atoms with van der Waals surface area (Å²) in [5.41, 5.74) is 1.86. The van der Waals surface area contributed by atoms with Crippen LogP contribution in [-0.2, 0) is 6.54 Å². The van der Waals surface area contributed by atoms with Crippen LogP contribution in [0.1, 0.15) is 27.7 Å². The minimum atomic E-state index is -0.116. The van der Waals surface area contributed by atoms with E-state index < -0.39 is 0 Å². The van der Waals surface area contributed by atoms with Gasteiger partial charge in [-0.15, -0.1) is 35.3 Å². The van der Waals surface area contributed by atoms with Crippen molar-refractivity contribution in [2.45, 2.75) is 20.4 Å². The molecule has 0 aliphatic heterocycles. The molecule has 1 aromatic carbocycles. The van der Waals surface area contributed by atoms with E-state index in [1.165, 1.54) is 10.4 Å². The molecule has 142 valence electrons. The first kappa shape index (κ1) is 22.7. The second-order valence-electron chi connectivity index (χ2n) is 5.41. The topological polar surface area (TPSA) is 65.5 Å². The Kier molecular flexibility index (Phi) is 10.6. The van der Waals surface area contributed by atoms with Crippen LogP contribution in [-0.4, -0.2) is 31.5 Å². The average molecular weight is 507 g/mol. The van der Waals surface area contributed by atoms with Gasteiger partial charge in [-0.05, 0) is 55.1 Å². The zero-order chi connectivity index (χ0) is 18.1. The number of nitrogens with one attached hydrogen (secondary N) is 3. The van der Waals surface area contributed by atoms with Crippen LogP contribution >= 0.6 is 46.9 Å². The van der Waals surface area contributed by atoms with Crippen LogP contribution in [0.5, 0.6) is 0 Å². The molecule has 2 aromatic rings. The molecule has 0 saturated heterocycles. The lowest BCUT2D eigenvalue weighted by Crippen LogP contribution is -2.41. The Morgan fingerprint density at radius 2 is 1.81 bits per heavy atom. The van der Waals surface area contributed by atoms with E-state index in [2.05, 4.69) is 39.3 Å². The van der Waals surface area contributed by atoms with E-state index in [1.807, 2.05) is 6.92 Å².